The number of benzene rings is 2. The topological polar surface area (TPSA) is 39.9 Å². The first-order valence-electron chi connectivity index (χ1n) is 10.0. The van der Waals surface area contributed by atoms with Gasteiger partial charge >= 0.3 is 0 Å². The summed E-state index contributed by atoms with van der Waals surface area (Å²) in [6.07, 6.45) is 5.97. The number of para-hydroxylation sites is 1. The molecule has 1 saturated carbocycles. The monoisotopic (exact) mass is 481 g/mol. The van der Waals surface area contributed by atoms with Crippen molar-refractivity contribution in [2.45, 2.75) is 43.3 Å². The van der Waals surface area contributed by atoms with Crippen LogP contribution in [0.2, 0.25) is 15.1 Å². The SMILES string of the molecule is Clc1ccc(-c2nnc(SCCOc3ccccc3Cl)n2C2CCCCC2)c(Cl)c1. The van der Waals surface area contributed by atoms with Crippen LogP contribution in [0.5, 0.6) is 5.75 Å². The quantitative estimate of drug-likeness (QED) is 0.257. The van der Waals surface area contributed by atoms with Crippen molar-refractivity contribution in [2.24, 2.45) is 0 Å². The van der Waals surface area contributed by atoms with Crippen molar-refractivity contribution >= 4 is 46.6 Å². The van der Waals surface area contributed by atoms with Crippen LogP contribution < -0.4 is 4.74 Å². The first-order chi connectivity index (χ1) is 14.6. The lowest BCUT2D eigenvalue weighted by molar-refractivity contribution is 0.336. The Balaban J connectivity index is 1.53. The highest BCUT2D eigenvalue weighted by atomic mass is 35.5. The van der Waals surface area contributed by atoms with Crippen molar-refractivity contribution in [3.8, 4) is 17.1 Å². The maximum absolute atomic E-state index is 6.49. The predicted octanol–water partition coefficient (Wildman–Crippen LogP) is 7.58. The summed E-state index contributed by atoms with van der Waals surface area (Å²) < 4.78 is 8.08. The fraction of sp³-hybridized carbons (Fsp3) is 0.364. The molecule has 8 heteroatoms. The Morgan fingerprint density at radius 2 is 1.77 bits per heavy atom. The number of ether oxygens (including phenoxy) is 1. The molecule has 1 aliphatic carbocycles. The van der Waals surface area contributed by atoms with E-state index in [-0.39, 0.29) is 0 Å². The van der Waals surface area contributed by atoms with Crippen molar-refractivity contribution in [1.82, 2.24) is 14.8 Å². The lowest BCUT2D eigenvalue weighted by atomic mass is 9.95. The molecule has 0 radical (unpaired) electrons. The van der Waals surface area contributed by atoms with Gasteiger partial charge in [-0.05, 0) is 43.2 Å². The van der Waals surface area contributed by atoms with Crippen LogP contribution in [0.25, 0.3) is 11.4 Å². The number of aromatic nitrogens is 3. The van der Waals surface area contributed by atoms with Crippen molar-refractivity contribution in [1.29, 1.82) is 0 Å². The van der Waals surface area contributed by atoms with Gasteiger partial charge in [0.25, 0.3) is 0 Å². The van der Waals surface area contributed by atoms with Gasteiger partial charge in [-0.2, -0.15) is 0 Å². The van der Waals surface area contributed by atoms with Gasteiger partial charge in [-0.15, -0.1) is 10.2 Å². The van der Waals surface area contributed by atoms with Crippen molar-refractivity contribution in [3.05, 3.63) is 57.5 Å². The molecular formula is C22H22Cl3N3OS. The highest BCUT2D eigenvalue weighted by molar-refractivity contribution is 7.99. The first kappa shape index (κ1) is 21.8. The van der Waals surface area contributed by atoms with E-state index in [1.807, 2.05) is 36.4 Å². The number of nitrogens with zero attached hydrogens (tertiary/aromatic N) is 3. The van der Waals surface area contributed by atoms with Crippen LogP contribution in [-0.2, 0) is 0 Å². The summed E-state index contributed by atoms with van der Waals surface area (Å²) in [6.45, 7) is 0.531. The second-order valence-corrected chi connectivity index (χ2v) is 9.53. The molecule has 0 atom stereocenters. The summed E-state index contributed by atoms with van der Waals surface area (Å²) in [5.74, 6) is 2.24. The fourth-order valence-corrected chi connectivity index (χ4v) is 5.25. The van der Waals surface area contributed by atoms with Gasteiger partial charge in [0.05, 0.1) is 16.7 Å². The molecule has 1 heterocycles. The summed E-state index contributed by atoms with van der Waals surface area (Å²) in [5, 5.41) is 11.7. The molecule has 0 saturated heterocycles. The Morgan fingerprint density at radius 1 is 0.967 bits per heavy atom. The molecule has 158 valence electrons. The number of thioether (sulfide) groups is 1. The molecule has 0 unspecified atom stereocenters. The van der Waals surface area contributed by atoms with Crippen LogP contribution in [0.3, 0.4) is 0 Å². The smallest absolute Gasteiger partial charge is 0.191 e. The molecule has 2 aromatic carbocycles. The van der Waals surface area contributed by atoms with E-state index in [1.54, 1.807) is 17.8 Å². The minimum Gasteiger partial charge on any atom is -0.491 e. The zero-order valence-corrected chi connectivity index (χ0v) is 19.4. The zero-order valence-electron chi connectivity index (χ0n) is 16.4. The minimum atomic E-state index is 0.377. The molecule has 0 N–H and O–H groups in total. The van der Waals surface area contributed by atoms with Gasteiger partial charge in [-0.3, -0.25) is 4.57 Å². The molecule has 0 amide bonds. The number of hydrogen-bond donors (Lipinski definition) is 0. The van der Waals surface area contributed by atoms with Crippen molar-refractivity contribution in [2.75, 3.05) is 12.4 Å². The molecule has 30 heavy (non-hydrogen) atoms. The summed E-state index contributed by atoms with van der Waals surface area (Å²) in [6, 6.07) is 13.4. The largest absolute Gasteiger partial charge is 0.491 e. The molecule has 0 bridgehead atoms. The van der Waals surface area contributed by atoms with Gasteiger partial charge in [-0.1, -0.05) is 78.0 Å². The summed E-state index contributed by atoms with van der Waals surface area (Å²) in [4.78, 5) is 0. The van der Waals surface area contributed by atoms with Crippen LogP contribution in [0.1, 0.15) is 38.1 Å². The van der Waals surface area contributed by atoms with Crippen LogP contribution in [0.4, 0.5) is 0 Å². The average molecular weight is 483 g/mol. The zero-order chi connectivity index (χ0) is 20.9. The average Bonchev–Trinajstić information content (AvgIpc) is 3.16. The third-order valence-corrected chi connectivity index (χ3v) is 6.95. The van der Waals surface area contributed by atoms with Gasteiger partial charge in [0.15, 0.2) is 11.0 Å². The molecule has 0 spiro atoms. The number of hydrogen-bond acceptors (Lipinski definition) is 4. The molecule has 4 rings (SSSR count). The number of rotatable bonds is 7. The molecular weight excluding hydrogens is 461 g/mol. The van der Waals surface area contributed by atoms with E-state index in [0.29, 0.717) is 33.5 Å². The van der Waals surface area contributed by atoms with E-state index in [2.05, 4.69) is 14.8 Å². The third-order valence-electron chi connectivity index (χ3n) is 5.19. The minimum absolute atomic E-state index is 0.377. The van der Waals surface area contributed by atoms with E-state index >= 15 is 0 Å². The van der Waals surface area contributed by atoms with Gasteiger partial charge in [0.1, 0.15) is 5.75 Å². The highest BCUT2D eigenvalue weighted by Gasteiger charge is 2.25. The van der Waals surface area contributed by atoms with Gasteiger partial charge in [0.2, 0.25) is 0 Å². The normalized spacial score (nSPS) is 14.8. The van der Waals surface area contributed by atoms with Gasteiger partial charge in [-0.25, -0.2) is 0 Å². The fourth-order valence-electron chi connectivity index (χ4n) is 3.74. The molecule has 1 aliphatic rings. The molecule has 1 fully saturated rings. The Kier molecular flexibility index (Phi) is 7.47. The summed E-state index contributed by atoms with van der Waals surface area (Å²) in [5.41, 5.74) is 0.860. The van der Waals surface area contributed by atoms with E-state index in [1.165, 1.54) is 19.3 Å². The Hall–Kier alpha value is -1.40. The van der Waals surface area contributed by atoms with Crippen LogP contribution in [-0.4, -0.2) is 27.1 Å². The van der Waals surface area contributed by atoms with Crippen LogP contribution in [0, 0.1) is 0 Å². The lowest BCUT2D eigenvalue weighted by Crippen LogP contribution is -2.15. The standard InChI is InChI=1S/C22H22Cl3N3OS/c23-15-10-11-17(19(25)14-15)21-26-27-22(28(21)16-6-2-1-3-7-16)30-13-12-29-20-9-5-4-8-18(20)24/h4-5,8-11,14,16H,1-3,6-7,12-13H2. The molecule has 1 aromatic heterocycles. The van der Waals surface area contributed by atoms with Crippen molar-refractivity contribution < 1.29 is 4.74 Å². The Labute approximate surface area is 195 Å². The van der Waals surface area contributed by atoms with Gasteiger partial charge < -0.3 is 4.74 Å². The molecule has 3 aromatic rings. The molecule has 0 aliphatic heterocycles. The number of halogens is 3. The maximum Gasteiger partial charge on any atom is 0.191 e. The first-order valence-corrected chi connectivity index (χ1v) is 12.2. The Morgan fingerprint density at radius 3 is 2.53 bits per heavy atom. The van der Waals surface area contributed by atoms with E-state index in [9.17, 15) is 0 Å². The lowest BCUT2D eigenvalue weighted by Gasteiger charge is -2.25. The van der Waals surface area contributed by atoms with E-state index in [4.69, 9.17) is 39.5 Å². The predicted molar refractivity (Wildman–Crippen MR) is 125 cm³/mol. The summed E-state index contributed by atoms with van der Waals surface area (Å²) >= 11 is 20.4. The summed E-state index contributed by atoms with van der Waals surface area (Å²) in [7, 11) is 0. The third kappa shape index (κ3) is 5.08. The van der Waals surface area contributed by atoms with E-state index < -0.39 is 0 Å². The van der Waals surface area contributed by atoms with E-state index in [0.717, 1.165) is 35.1 Å². The van der Waals surface area contributed by atoms with Crippen LogP contribution in [0.15, 0.2) is 47.6 Å². The maximum atomic E-state index is 6.49. The van der Waals surface area contributed by atoms with Gasteiger partial charge in [0, 0.05) is 22.4 Å². The van der Waals surface area contributed by atoms with Crippen LogP contribution >= 0.6 is 46.6 Å². The van der Waals surface area contributed by atoms with Crippen molar-refractivity contribution in [3.63, 3.8) is 0 Å². The molecule has 4 nitrogen and oxygen atoms in total. The second-order valence-electron chi connectivity index (χ2n) is 7.22. The Bertz CT molecular complexity index is 1010. The highest BCUT2D eigenvalue weighted by Crippen LogP contribution is 2.38. The second kappa shape index (κ2) is 10.3.